The van der Waals surface area contributed by atoms with Gasteiger partial charge in [0.05, 0.1) is 6.42 Å². The Bertz CT molecular complexity index is 1340. The molecule has 9 nitrogen and oxygen atoms in total. The SMILES string of the molecule is Cc1cn2nc(-c3nc([C@H]4CCCN(C(=O)Cc5ccc(F)cc5)C4)no3)cc2c(=O)[nH]1. The van der Waals surface area contributed by atoms with E-state index in [1.165, 1.54) is 16.6 Å². The highest BCUT2D eigenvalue weighted by atomic mass is 19.1. The van der Waals surface area contributed by atoms with Gasteiger partial charge in [-0.05, 0) is 37.5 Å². The molecule has 1 aliphatic rings. The molecule has 1 saturated heterocycles. The van der Waals surface area contributed by atoms with E-state index in [9.17, 15) is 14.0 Å². The van der Waals surface area contributed by atoms with Crippen LogP contribution in [0.15, 0.2) is 45.8 Å². The smallest absolute Gasteiger partial charge is 0.278 e. The molecular formula is C22H21FN6O3. The number of carbonyl (C=O) groups excluding carboxylic acids is 1. The van der Waals surface area contributed by atoms with Gasteiger partial charge in [-0.3, -0.25) is 9.59 Å². The number of nitrogens with zero attached hydrogens (tertiary/aromatic N) is 5. The Hall–Kier alpha value is -3.82. The summed E-state index contributed by atoms with van der Waals surface area (Å²) in [5.74, 6) is 0.357. The molecular weight excluding hydrogens is 415 g/mol. The summed E-state index contributed by atoms with van der Waals surface area (Å²) in [6.07, 6.45) is 3.60. The number of aryl methyl sites for hydroxylation is 1. The lowest BCUT2D eigenvalue weighted by atomic mass is 9.96. The summed E-state index contributed by atoms with van der Waals surface area (Å²) in [6, 6.07) is 7.58. The first-order valence-electron chi connectivity index (χ1n) is 10.4. The highest BCUT2D eigenvalue weighted by Gasteiger charge is 2.28. The average molecular weight is 436 g/mol. The third-order valence-electron chi connectivity index (χ3n) is 5.66. The van der Waals surface area contributed by atoms with Crippen molar-refractivity contribution in [3.8, 4) is 11.6 Å². The number of benzene rings is 1. The van der Waals surface area contributed by atoms with Crippen LogP contribution in [0.5, 0.6) is 0 Å². The number of H-pyrrole nitrogens is 1. The number of aromatic amines is 1. The van der Waals surface area contributed by atoms with Crippen molar-refractivity contribution in [2.75, 3.05) is 13.1 Å². The van der Waals surface area contributed by atoms with E-state index in [1.807, 2.05) is 0 Å². The molecule has 0 unspecified atom stereocenters. The van der Waals surface area contributed by atoms with Crippen LogP contribution in [0.25, 0.3) is 17.1 Å². The Morgan fingerprint density at radius 2 is 2.12 bits per heavy atom. The third-order valence-corrected chi connectivity index (χ3v) is 5.66. The van der Waals surface area contributed by atoms with Crippen molar-refractivity contribution in [1.82, 2.24) is 29.6 Å². The van der Waals surface area contributed by atoms with Gasteiger partial charge < -0.3 is 14.4 Å². The normalized spacial score (nSPS) is 16.6. The maximum atomic E-state index is 13.1. The maximum absolute atomic E-state index is 13.1. The Morgan fingerprint density at radius 3 is 2.94 bits per heavy atom. The second-order valence-electron chi connectivity index (χ2n) is 8.07. The lowest BCUT2D eigenvalue weighted by molar-refractivity contribution is -0.131. The van der Waals surface area contributed by atoms with Gasteiger partial charge in [-0.25, -0.2) is 8.91 Å². The fraction of sp³-hybridized carbons (Fsp3) is 0.318. The monoisotopic (exact) mass is 436 g/mol. The molecule has 1 fully saturated rings. The highest BCUT2D eigenvalue weighted by Crippen LogP contribution is 2.27. The van der Waals surface area contributed by atoms with E-state index in [-0.39, 0.29) is 35.5 Å². The van der Waals surface area contributed by atoms with Crippen LogP contribution in [0.3, 0.4) is 0 Å². The summed E-state index contributed by atoms with van der Waals surface area (Å²) < 4.78 is 20.0. The minimum Gasteiger partial charge on any atom is -0.342 e. The molecule has 1 N–H and O–H groups in total. The van der Waals surface area contributed by atoms with E-state index in [4.69, 9.17) is 4.52 Å². The van der Waals surface area contributed by atoms with Crippen molar-refractivity contribution in [3.63, 3.8) is 0 Å². The standard InChI is InChI=1S/C22H21FN6O3/c1-13-11-29-18(21(31)24-13)10-17(26-29)22-25-20(27-32-22)15-3-2-8-28(12-15)19(30)9-14-4-6-16(23)7-5-14/h4-7,10-11,15H,2-3,8-9,12H2,1H3,(H,24,31)/t15-/m0/s1. The van der Waals surface area contributed by atoms with Gasteiger partial charge in [0, 0.05) is 37.0 Å². The van der Waals surface area contributed by atoms with E-state index in [1.54, 1.807) is 36.2 Å². The van der Waals surface area contributed by atoms with Gasteiger partial charge in [-0.1, -0.05) is 17.3 Å². The third kappa shape index (κ3) is 3.91. The zero-order chi connectivity index (χ0) is 22.2. The predicted molar refractivity (Wildman–Crippen MR) is 113 cm³/mol. The number of hydrogen-bond acceptors (Lipinski definition) is 6. The maximum Gasteiger partial charge on any atom is 0.278 e. The molecule has 4 heterocycles. The number of rotatable bonds is 4. The molecule has 10 heteroatoms. The van der Waals surface area contributed by atoms with Gasteiger partial charge in [0.25, 0.3) is 11.4 Å². The molecule has 3 aromatic heterocycles. The van der Waals surface area contributed by atoms with Crippen molar-refractivity contribution in [1.29, 1.82) is 0 Å². The van der Waals surface area contributed by atoms with Gasteiger partial charge in [0.15, 0.2) is 11.5 Å². The molecule has 32 heavy (non-hydrogen) atoms. The molecule has 4 aromatic rings. The second-order valence-corrected chi connectivity index (χ2v) is 8.07. The van der Waals surface area contributed by atoms with Crippen molar-refractivity contribution < 1.29 is 13.7 Å². The van der Waals surface area contributed by atoms with Crippen molar-refractivity contribution >= 4 is 11.4 Å². The Balaban J connectivity index is 1.31. The molecule has 5 rings (SSSR count). The number of halogens is 1. The van der Waals surface area contributed by atoms with Crippen LogP contribution in [0.2, 0.25) is 0 Å². The summed E-state index contributed by atoms with van der Waals surface area (Å²) in [6.45, 7) is 2.93. The Kier molecular flexibility index (Phi) is 5.04. The second kappa shape index (κ2) is 8.03. The number of piperidine rings is 1. The first kappa shape index (κ1) is 20.1. The van der Waals surface area contributed by atoms with Crippen molar-refractivity contribution in [2.45, 2.75) is 32.1 Å². The lowest BCUT2D eigenvalue weighted by Crippen LogP contribution is -2.40. The van der Waals surface area contributed by atoms with E-state index in [2.05, 4.69) is 20.2 Å². The van der Waals surface area contributed by atoms with Gasteiger partial charge >= 0.3 is 0 Å². The molecule has 164 valence electrons. The number of hydrogen-bond donors (Lipinski definition) is 1. The molecule has 0 radical (unpaired) electrons. The van der Waals surface area contributed by atoms with Crippen molar-refractivity contribution in [2.24, 2.45) is 0 Å². The number of nitrogens with one attached hydrogen (secondary N) is 1. The molecule has 1 aromatic carbocycles. The van der Waals surface area contributed by atoms with Crippen LogP contribution in [-0.4, -0.2) is 48.6 Å². The Morgan fingerprint density at radius 1 is 1.31 bits per heavy atom. The van der Waals surface area contributed by atoms with Gasteiger partial charge in [0.1, 0.15) is 11.3 Å². The first-order valence-corrected chi connectivity index (χ1v) is 10.4. The lowest BCUT2D eigenvalue weighted by Gasteiger charge is -2.31. The topological polar surface area (TPSA) is 109 Å². The van der Waals surface area contributed by atoms with Gasteiger partial charge in [-0.15, -0.1) is 0 Å². The van der Waals surface area contributed by atoms with E-state index >= 15 is 0 Å². The number of likely N-dealkylation sites (tertiary alicyclic amines) is 1. The number of fused-ring (bicyclic) bond motifs is 1. The highest BCUT2D eigenvalue weighted by molar-refractivity contribution is 5.79. The summed E-state index contributed by atoms with van der Waals surface area (Å²) in [4.78, 5) is 33.9. The summed E-state index contributed by atoms with van der Waals surface area (Å²) >= 11 is 0. The number of carbonyl (C=O) groups is 1. The number of aromatic nitrogens is 5. The quantitative estimate of drug-likeness (QED) is 0.526. The zero-order valence-electron chi connectivity index (χ0n) is 17.4. The van der Waals surface area contributed by atoms with Crippen LogP contribution >= 0.6 is 0 Å². The summed E-state index contributed by atoms with van der Waals surface area (Å²) in [5, 5.41) is 8.48. The first-order chi connectivity index (χ1) is 15.5. The minimum atomic E-state index is -0.322. The minimum absolute atomic E-state index is 0.0139. The molecule has 1 atom stereocenters. The Labute approximate surface area is 181 Å². The zero-order valence-corrected chi connectivity index (χ0v) is 17.4. The molecule has 1 amide bonds. The average Bonchev–Trinajstić information content (AvgIpc) is 3.43. The van der Waals surface area contributed by atoms with Crippen LogP contribution in [0, 0.1) is 12.7 Å². The number of amides is 1. The largest absolute Gasteiger partial charge is 0.342 e. The van der Waals surface area contributed by atoms with Crippen LogP contribution in [-0.2, 0) is 11.2 Å². The van der Waals surface area contributed by atoms with Gasteiger partial charge in [0.2, 0.25) is 5.91 Å². The molecule has 1 aliphatic heterocycles. The molecule has 0 aliphatic carbocycles. The molecule has 0 bridgehead atoms. The van der Waals surface area contributed by atoms with E-state index in [0.29, 0.717) is 35.8 Å². The van der Waals surface area contributed by atoms with Crippen molar-refractivity contribution in [3.05, 3.63) is 69.8 Å². The van der Waals surface area contributed by atoms with E-state index < -0.39 is 0 Å². The summed E-state index contributed by atoms with van der Waals surface area (Å²) in [7, 11) is 0. The fourth-order valence-electron chi connectivity index (χ4n) is 4.03. The van der Waals surface area contributed by atoms with Crippen LogP contribution in [0.1, 0.15) is 35.8 Å². The summed E-state index contributed by atoms with van der Waals surface area (Å²) in [5.41, 5.74) is 2.03. The fourth-order valence-corrected chi connectivity index (χ4v) is 4.03. The van der Waals surface area contributed by atoms with Crippen LogP contribution in [0.4, 0.5) is 4.39 Å². The molecule has 0 spiro atoms. The molecule has 0 saturated carbocycles. The van der Waals surface area contributed by atoms with Gasteiger partial charge in [-0.2, -0.15) is 10.1 Å². The predicted octanol–water partition coefficient (Wildman–Crippen LogP) is 2.47. The van der Waals surface area contributed by atoms with Crippen LogP contribution < -0.4 is 5.56 Å². The van der Waals surface area contributed by atoms with E-state index in [0.717, 1.165) is 18.4 Å².